The Morgan fingerprint density at radius 2 is 1.96 bits per heavy atom. The molecule has 2 N–H and O–H groups in total. The minimum atomic E-state index is 0.628. The van der Waals surface area contributed by atoms with Crippen molar-refractivity contribution < 1.29 is 9.15 Å². The molecule has 0 aliphatic heterocycles. The fourth-order valence-electron chi connectivity index (χ4n) is 2.06. The standard InChI is InChI=1S/C18H25N3O2/c1-15-7-9-16(10-8-15)22-12-4-3-11-20-18(19-2)21-14-17-6-5-13-23-17/h5-10,13H,3-4,11-12,14H2,1-2H3,(H2,19,20,21). The number of aryl methyl sites for hydroxylation is 1. The molecular weight excluding hydrogens is 290 g/mol. The second-order valence-electron chi connectivity index (χ2n) is 5.30. The van der Waals surface area contributed by atoms with Crippen molar-refractivity contribution in [1.29, 1.82) is 0 Å². The minimum absolute atomic E-state index is 0.628. The van der Waals surface area contributed by atoms with E-state index < -0.39 is 0 Å². The van der Waals surface area contributed by atoms with Crippen molar-refractivity contribution in [3.63, 3.8) is 0 Å². The summed E-state index contributed by atoms with van der Waals surface area (Å²) in [6.45, 7) is 4.28. The summed E-state index contributed by atoms with van der Waals surface area (Å²) < 4.78 is 11.0. The van der Waals surface area contributed by atoms with Crippen molar-refractivity contribution in [1.82, 2.24) is 10.6 Å². The number of unbranched alkanes of at least 4 members (excludes halogenated alkanes) is 1. The van der Waals surface area contributed by atoms with Crippen LogP contribution in [0.1, 0.15) is 24.2 Å². The second-order valence-corrected chi connectivity index (χ2v) is 5.30. The number of aliphatic imine (C=N–C) groups is 1. The highest BCUT2D eigenvalue weighted by Crippen LogP contribution is 2.11. The van der Waals surface area contributed by atoms with E-state index in [0.717, 1.165) is 43.5 Å². The highest BCUT2D eigenvalue weighted by atomic mass is 16.5. The number of hydrogen-bond acceptors (Lipinski definition) is 3. The maximum atomic E-state index is 5.70. The predicted molar refractivity (Wildman–Crippen MR) is 92.8 cm³/mol. The molecule has 0 spiro atoms. The van der Waals surface area contributed by atoms with E-state index >= 15 is 0 Å². The molecular formula is C18H25N3O2. The van der Waals surface area contributed by atoms with Crippen LogP contribution in [-0.2, 0) is 6.54 Å². The van der Waals surface area contributed by atoms with E-state index in [2.05, 4.69) is 34.7 Å². The number of nitrogens with one attached hydrogen (secondary N) is 2. The molecule has 5 nitrogen and oxygen atoms in total. The van der Waals surface area contributed by atoms with Gasteiger partial charge in [0, 0.05) is 13.6 Å². The van der Waals surface area contributed by atoms with Gasteiger partial charge in [-0.25, -0.2) is 0 Å². The molecule has 23 heavy (non-hydrogen) atoms. The van der Waals surface area contributed by atoms with Crippen LogP contribution in [0.4, 0.5) is 0 Å². The van der Waals surface area contributed by atoms with Gasteiger partial charge in [0.05, 0.1) is 19.4 Å². The first-order chi connectivity index (χ1) is 11.3. The van der Waals surface area contributed by atoms with Crippen LogP contribution in [0.3, 0.4) is 0 Å². The number of furan rings is 1. The summed E-state index contributed by atoms with van der Waals surface area (Å²) in [6, 6.07) is 11.9. The molecule has 2 aromatic rings. The van der Waals surface area contributed by atoms with E-state index in [9.17, 15) is 0 Å². The summed E-state index contributed by atoms with van der Waals surface area (Å²) in [4.78, 5) is 4.18. The van der Waals surface area contributed by atoms with Crippen molar-refractivity contribution in [2.75, 3.05) is 20.2 Å². The van der Waals surface area contributed by atoms with Gasteiger partial charge in [-0.1, -0.05) is 17.7 Å². The molecule has 0 saturated carbocycles. The average molecular weight is 315 g/mol. The summed E-state index contributed by atoms with van der Waals surface area (Å²) in [5, 5.41) is 6.49. The van der Waals surface area contributed by atoms with Gasteiger partial charge in [0.1, 0.15) is 11.5 Å². The highest BCUT2D eigenvalue weighted by molar-refractivity contribution is 5.79. The molecule has 0 amide bonds. The van der Waals surface area contributed by atoms with Crippen molar-refractivity contribution in [3.05, 3.63) is 54.0 Å². The molecule has 0 atom stereocenters. The quantitative estimate of drug-likeness (QED) is 0.446. The fourth-order valence-corrected chi connectivity index (χ4v) is 2.06. The molecule has 2 rings (SSSR count). The molecule has 0 fully saturated rings. The van der Waals surface area contributed by atoms with Crippen LogP contribution in [0.2, 0.25) is 0 Å². The lowest BCUT2D eigenvalue weighted by Gasteiger charge is -2.11. The summed E-state index contributed by atoms with van der Waals surface area (Å²) in [7, 11) is 1.76. The Morgan fingerprint density at radius 3 is 2.65 bits per heavy atom. The molecule has 1 heterocycles. The van der Waals surface area contributed by atoms with E-state index in [1.54, 1.807) is 13.3 Å². The molecule has 0 aliphatic rings. The Morgan fingerprint density at radius 1 is 1.13 bits per heavy atom. The van der Waals surface area contributed by atoms with Crippen molar-refractivity contribution in [2.24, 2.45) is 4.99 Å². The van der Waals surface area contributed by atoms with Crippen LogP contribution in [-0.4, -0.2) is 26.2 Å². The molecule has 0 aliphatic carbocycles. The van der Waals surface area contributed by atoms with Gasteiger partial charge in [-0.05, 0) is 44.0 Å². The molecule has 0 unspecified atom stereocenters. The number of hydrogen-bond donors (Lipinski definition) is 2. The first-order valence-corrected chi connectivity index (χ1v) is 7.94. The summed E-state index contributed by atoms with van der Waals surface area (Å²) in [6.07, 6.45) is 3.69. The zero-order valence-electron chi connectivity index (χ0n) is 13.8. The van der Waals surface area contributed by atoms with Gasteiger partial charge in [-0.2, -0.15) is 0 Å². The van der Waals surface area contributed by atoms with Crippen LogP contribution in [0.25, 0.3) is 0 Å². The van der Waals surface area contributed by atoms with Gasteiger partial charge in [-0.3, -0.25) is 4.99 Å². The van der Waals surface area contributed by atoms with Crippen LogP contribution < -0.4 is 15.4 Å². The van der Waals surface area contributed by atoms with E-state index in [1.165, 1.54) is 5.56 Å². The van der Waals surface area contributed by atoms with Gasteiger partial charge in [0.25, 0.3) is 0 Å². The lowest BCUT2D eigenvalue weighted by molar-refractivity contribution is 0.307. The lowest BCUT2D eigenvalue weighted by atomic mass is 10.2. The Labute approximate surface area is 137 Å². The molecule has 5 heteroatoms. The lowest BCUT2D eigenvalue weighted by Crippen LogP contribution is -2.37. The second kappa shape index (κ2) is 9.56. The maximum absolute atomic E-state index is 5.70. The average Bonchev–Trinajstić information content (AvgIpc) is 3.08. The summed E-state index contributed by atoms with van der Waals surface area (Å²) in [5.74, 6) is 2.60. The van der Waals surface area contributed by atoms with Crippen LogP contribution in [0.15, 0.2) is 52.1 Å². The maximum Gasteiger partial charge on any atom is 0.191 e. The fraction of sp³-hybridized carbons (Fsp3) is 0.389. The van der Waals surface area contributed by atoms with E-state index in [1.807, 2.05) is 24.3 Å². The third-order valence-corrected chi connectivity index (χ3v) is 3.39. The third kappa shape index (κ3) is 6.46. The molecule has 0 bridgehead atoms. The Hall–Kier alpha value is -2.43. The summed E-state index contributed by atoms with van der Waals surface area (Å²) >= 11 is 0. The Balaban J connectivity index is 1.54. The number of rotatable bonds is 8. The number of ether oxygens (including phenoxy) is 1. The van der Waals surface area contributed by atoms with E-state index in [0.29, 0.717) is 6.54 Å². The van der Waals surface area contributed by atoms with Crippen molar-refractivity contribution in [2.45, 2.75) is 26.3 Å². The van der Waals surface area contributed by atoms with Gasteiger partial charge >= 0.3 is 0 Å². The highest BCUT2D eigenvalue weighted by Gasteiger charge is 1.99. The van der Waals surface area contributed by atoms with Crippen LogP contribution >= 0.6 is 0 Å². The van der Waals surface area contributed by atoms with Gasteiger partial charge in [-0.15, -0.1) is 0 Å². The van der Waals surface area contributed by atoms with Crippen molar-refractivity contribution in [3.8, 4) is 5.75 Å². The molecule has 1 aromatic heterocycles. The predicted octanol–water partition coefficient (Wildman–Crippen LogP) is 3.11. The number of nitrogens with zero attached hydrogens (tertiary/aromatic N) is 1. The molecule has 1 aromatic carbocycles. The zero-order chi connectivity index (χ0) is 16.3. The monoisotopic (exact) mass is 315 g/mol. The molecule has 0 radical (unpaired) electrons. The number of guanidine groups is 1. The van der Waals surface area contributed by atoms with Gasteiger partial charge < -0.3 is 19.8 Å². The van der Waals surface area contributed by atoms with E-state index in [-0.39, 0.29) is 0 Å². The largest absolute Gasteiger partial charge is 0.494 e. The smallest absolute Gasteiger partial charge is 0.191 e. The minimum Gasteiger partial charge on any atom is -0.494 e. The van der Waals surface area contributed by atoms with Crippen LogP contribution in [0.5, 0.6) is 5.75 Å². The first-order valence-electron chi connectivity index (χ1n) is 7.94. The SMILES string of the molecule is CN=C(NCCCCOc1ccc(C)cc1)NCc1ccco1. The van der Waals surface area contributed by atoms with Crippen molar-refractivity contribution >= 4 is 5.96 Å². The Kier molecular flexibility index (Phi) is 7.04. The summed E-state index contributed by atoms with van der Waals surface area (Å²) in [5.41, 5.74) is 1.25. The normalized spacial score (nSPS) is 11.3. The molecule has 0 saturated heterocycles. The van der Waals surface area contributed by atoms with Crippen LogP contribution in [0, 0.1) is 6.92 Å². The van der Waals surface area contributed by atoms with Gasteiger partial charge in [0.15, 0.2) is 5.96 Å². The Bertz CT molecular complexity index is 577. The van der Waals surface area contributed by atoms with Gasteiger partial charge in [0.2, 0.25) is 0 Å². The molecule has 124 valence electrons. The zero-order valence-corrected chi connectivity index (χ0v) is 13.8. The topological polar surface area (TPSA) is 58.8 Å². The third-order valence-electron chi connectivity index (χ3n) is 3.39. The van der Waals surface area contributed by atoms with E-state index in [4.69, 9.17) is 9.15 Å². The number of benzene rings is 1. The first kappa shape index (κ1) is 16.9.